The van der Waals surface area contributed by atoms with Crippen molar-refractivity contribution in [3.8, 4) is 5.75 Å². The summed E-state index contributed by atoms with van der Waals surface area (Å²) < 4.78 is 5.95. The molecule has 1 aromatic carbocycles. The van der Waals surface area contributed by atoms with E-state index in [-0.39, 0.29) is 11.7 Å². The van der Waals surface area contributed by atoms with Crippen LogP contribution >= 0.6 is 0 Å². The first-order chi connectivity index (χ1) is 8.85. The Hall–Kier alpha value is -1.06. The fourth-order valence-corrected chi connectivity index (χ4v) is 2.94. The molecule has 0 bridgehead atoms. The lowest BCUT2D eigenvalue weighted by molar-refractivity contribution is -0.136. The number of ether oxygens (including phenoxy) is 1. The molecular formula is C16H25NO2. The number of phenols is 1. The topological polar surface area (TPSA) is 32.7 Å². The van der Waals surface area contributed by atoms with Gasteiger partial charge in [-0.2, -0.15) is 0 Å². The summed E-state index contributed by atoms with van der Waals surface area (Å²) in [5.41, 5.74) is 1.20. The second kappa shape index (κ2) is 5.51. The van der Waals surface area contributed by atoms with Crippen LogP contribution in [0.4, 0.5) is 0 Å². The fraction of sp³-hybridized carbons (Fsp3) is 0.625. The van der Waals surface area contributed by atoms with E-state index in [9.17, 15) is 5.11 Å². The molecule has 19 heavy (non-hydrogen) atoms. The van der Waals surface area contributed by atoms with E-state index in [4.69, 9.17) is 4.74 Å². The predicted octanol–water partition coefficient (Wildman–Crippen LogP) is 2.82. The number of morpholine rings is 1. The number of hydrogen-bond donors (Lipinski definition) is 1. The molecular weight excluding hydrogens is 238 g/mol. The van der Waals surface area contributed by atoms with Gasteiger partial charge in [0.2, 0.25) is 0 Å². The molecule has 1 aromatic rings. The van der Waals surface area contributed by atoms with Crippen molar-refractivity contribution in [1.29, 1.82) is 0 Å². The van der Waals surface area contributed by atoms with Gasteiger partial charge in [0, 0.05) is 19.1 Å². The zero-order valence-corrected chi connectivity index (χ0v) is 12.4. The molecule has 0 aromatic heterocycles. The fourth-order valence-electron chi connectivity index (χ4n) is 2.94. The SMILES string of the molecule is CC1CN(C(C)Cc2ccc(O)cc2)CC(C)(C)O1. The van der Waals surface area contributed by atoms with Gasteiger partial charge in [-0.1, -0.05) is 12.1 Å². The van der Waals surface area contributed by atoms with Crippen molar-refractivity contribution in [2.75, 3.05) is 13.1 Å². The van der Waals surface area contributed by atoms with Gasteiger partial charge in [0.25, 0.3) is 0 Å². The predicted molar refractivity (Wildman–Crippen MR) is 77.5 cm³/mol. The van der Waals surface area contributed by atoms with Crippen molar-refractivity contribution in [2.24, 2.45) is 0 Å². The van der Waals surface area contributed by atoms with E-state index in [0.29, 0.717) is 11.8 Å². The van der Waals surface area contributed by atoms with Gasteiger partial charge in [-0.25, -0.2) is 0 Å². The summed E-state index contributed by atoms with van der Waals surface area (Å²) in [7, 11) is 0. The first-order valence-corrected chi connectivity index (χ1v) is 7.05. The Morgan fingerprint density at radius 1 is 1.37 bits per heavy atom. The number of hydrogen-bond acceptors (Lipinski definition) is 3. The van der Waals surface area contributed by atoms with Crippen LogP contribution in [-0.2, 0) is 11.2 Å². The third kappa shape index (κ3) is 3.95. The summed E-state index contributed by atoms with van der Waals surface area (Å²) in [6, 6.07) is 8.00. The summed E-state index contributed by atoms with van der Waals surface area (Å²) in [6.07, 6.45) is 1.29. The highest BCUT2D eigenvalue weighted by Crippen LogP contribution is 2.23. The first-order valence-electron chi connectivity index (χ1n) is 7.05. The lowest BCUT2D eigenvalue weighted by Crippen LogP contribution is -2.54. The minimum Gasteiger partial charge on any atom is -0.508 e. The molecule has 0 aliphatic carbocycles. The van der Waals surface area contributed by atoms with Crippen molar-refractivity contribution in [1.82, 2.24) is 4.90 Å². The van der Waals surface area contributed by atoms with Crippen molar-refractivity contribution in [2.45, 2.75) is 51.9 Å². The molecule has 0 radical (unpaired) electrons. The monoisotopic (exact) mass is 263 g/mol. The molecule has 1 heterocycles. The number of nitrogens with zero attached hydrogens (tertiary/aromatic N) is 1. The van der Waals surface area contributed by atoms with Gasteiger partial charge in [0.15, 0.2) is 0 Å². The summed E-state index contributed by atoms with van der Waals surface area (Å²) >= 11 is 0. The van der Waals surface area contributed by atoms with Crippen LogP contribution in [0.3, 0.4) is 0 Å². The first kappa shape index (κ1) is 14.4. The van der Waals surface area contributed by atoms with Gasteiger partial charge in [0.1, 0.15) is 5.75 Å². The summed E-state index contributed by atoms with van der Waals surface area (Å²) in [5, 5.41) is 9.32. The molecule has 2 rings (SSSR count). The van der Waals surface area contributed by atoms with Gasteiger partial charge in [-0.3, -0.25) is 4.90 Å². The standard InChI is InChI=1S/C16H25NO2/c1-12(9-14-5-7-15(18)8-6-14)17-10-13(2)19-16(3,4)11-17/h5-8,12-13,18H,9-11H2,1-4H3. The van der Waals surface area contributed by atoms with Crippen LogP contribution in [0.5, 0.6) is 5.75 Å². The van der Waals surface area contributed by atoms with Crippen LogP contribution in [-0.4, -0.2) is 40.8 Å². The molecule has 1 saturated heterocycles. The quantitative estimate of drug-likeness (QED) is 0.910. The number of phenolic OH excluding ortho intramolecular Hbond substituents is 1. The Morgan fingerprint density at radius 2 is 2.00 bits per heavy atom. The maximum absolute atomic E-state index is 9.32. The van der Waals surface area contributed by atoms with E-state index in [0.717, 1.165) is 19.5 Å². The van der Waals surface area contributed by atoms with E-state index in [1.54, 1.807) is 12.1 Å². The van der Waals surface area contributed by atoms with E-state index < -0.39 is 0 Å². The smallest absolute Gasteiger partial charge is 0.115 e. The molecule has 1 aliphatic rings. The van der Waals surface area contributed by atoms with Crippen LogP contribution in [0, 0.1) is 0 Å². The molecule has 3 heteroatoms. The molecule has 3 nitrogen and oxygen atoms in total. The molecule has 2 atom stereocenters. The highest BCUT2D eigenvalue weighted by Gasteiger charge is 2.33. The average Bonchev–Trinajstić information content (AvgIpc) is 2.29. The van der Waals surface area contributed by atoms with Crippen molar-refractivity contribution in [3.63, 3.8) is 0 Å². The average molecular weight is 263 g/mol. The maximum Gasteiger partial charge on any atom is 0.115 e. The van der Waals surface area contributed by atoms with E-state index in [1.807, 2.05) is 12.1 Å². The second-order valence-electron chi connectivity index (χ2n) is 6.34. The third-order valence-corrected chi connectivity index (χ3v) is 3.69. The normalized spacial score (nSPS) is 25.2. The zero-order chi connectivity index (χ0) is 14.0. The number of benzene rings is 1. The lowest BCUT2D eigenvalue weighted by atomic mass is 10.0. The van der Waals surface area contributed by atoms with Gasteiger partial charge in [0.05, 0.1) is 11.7 Å². The van der Waals surface area contributed by atoms with Gasteiger partial charge < -0.3 is 9.84 Å². The molecule has 1 fully saturated rings. The minimum absolute atomic E-state index is 0.0686. The Morgan fingerprint density at radius 3 is 2.58 bits per heavy atom. The highest BCUT2D eigenvalue weighted by atomic mass is 16.5. The number of rotatable bonds is 3. The summed E-state index contributed by atoms with van der Waals surface area (Å²) in [5.74, 6) is 0.331. The summed E-state index contributed by atoms with van der Waals surface area (Å²) in [4.78, 5) is 2.50. The largest absolute Gasteiger partial charge is 0.508 e. The molecule has 1 aliphatic heterocycles. The third-order valence-electron chi connectivity index (χ3n) is 3.69. The van der Waals surface area contributed by atoms with Crippen LogP contribution in [0.2, 0.25) is 0 Å². The Bertz CT molecular complexity index is 413. The van der Waals surface area contributed by atoms with Crippen LogP contribution < -0.4 is 0 Å². The molecule has 0 saturated carbocycles. The van der Waals surface area contributed by atoms with Crippen LogP contribution in [0.15, 0.2) is 24.3 Å². The van der Waals surface area contributed by atoms with E-state index in [1.165, 1.54) is 5.56 Å². The number of aromatic hydroxyl groups is 1. The van der Waals surface area contributed by atoms with Crippen molar-refractivity contribution in [3.05, 3.63) is 29.8 Å². The van der Waals surface area contributed by atoms with Crippen LogP contribution in [0.1, 0.15) is 33.3 Å². The molecule has 0 amide bonds. The van der Waals surface area contributed by atoms with E-state index >= 15 is 0 Å². The minimum atomic E-state index is -0.0686. The molecule has 2 unspecified atom stereocenters. The van der Waals surface area contributed by atoms with Crippen LogP contribution in [0.25, 0.3) is 0 Å². The van der Waals surface area contributed by atoms with E-state index in [2.05, 4.69) is 32.6 Å². The lowest BCUT2D eigenvalue weighted by Gasteiger charge is -2.44. The van der Waals surface area contributed by atoms with Crippen molar-refractivity contribution >= 4 is 0 Å². The molecule has 106 valence electrons. The van der Waals surface area contributed by atoms with Gasteiger partial charge in [-0.15, -0.1) is 0 Å². The second-order valence-corrected chi connectivity index (χ2v) is 6.34. The molecule has 1 N–H and O–H groups in total. The Kier molecular flexibility index (Phi) is 4.16. The van der Waals surface area contributed by atoms with Gasteiger partial charge >= 0.3 is 0 Å². The Labute approximate surface area is 116 Å². The summed E-state index contributed by atoms with van der Waals surface area (Å²) in [6.45, 7) is 10.7. The highest BCUT2D eigenvalue weighted by molar-refractivity contribution is 5.26. The van der Waals surface area contributed by atoms with Gasteiger partial charge in [-0.05, 0) is 51.8 Å². The van der Waals surface area contributed by atoms with Crippen molar-refractivity contribution < 1.29 is 9.84 Å². The molecule has 0 spiro atoms. The maximum atomic E-state index is 9.32. The Balaban J connectivity index is 1.99. The zero-order valence-electron chi connectivity index (χ0n) is 12.4.